The van der Waals surface area contributed by atoms with Crippen LogP contribution in [0.4, 0.5) is 0 Å². The van der Waals surface area contributed by atoms with Gasteiger partial charge >= 0.3 is 0 Å². The summed E-state index contributed by atoms with van der Waals surface area (Å²) in [5.74, 6) is 2.12. The number of fused-ring (bicyclic) bond motifs is 1. The van der Waals surface area contributed by atoms with E-state index in [1.807, 2.05) is 12.3 Å². The molecule has 0 spiro atoms. The fourth-order valence-electron chi connectivity index (χ4n) is 3.90. The lowest BCUT2D eigenvalue weighted by Gasteiger charge is -2.35. The third-order valence-corrected chi connectivity index (χ3v) is 4.61. The van der Waals surface area contributed by atoms with Crippen LogP contribution >= 0.6 is 0 Å². The van der Waals surface area contributed by atoms with E-state index in [9.17, 15) is 0 Å². The Balaban J connectivity index is 1.93. The summed E-state index contributed by atoms with van der Waals surface area (Å²) < 4.78 is 0. The second-order valence-electron chi connectivity index (χ2n) is 7.21. The van der Waals surface area contributed by atoms with E-state index in [1.165, 1.54) is 36.2 Å². The minimum absolute atomic E-state index is 0.508. The predicted octanol–water partition coefficient (Wildman–Crippen LogP) is 4.16. The van der Waals surface area contributed by atoms with Crippen LogP contribution in [0.25, 0.3) is 11.0 Å². The van der Waals surface area contributed by atoms with Gasteiger partial charge in [-0.25, -0.2) is 4.98 Å². The maximum atomic E-state index is 4.49. The molecule has 1 fully saturated rings. The van der Waals surface area contributed by atoms with Crippen molar-refractivity contribution < 1.29 is 0 Å². The molecule has 0 amide bonds. The first kappa shape index (κ1) is 14.6. The SMILES string of the molecule is CC1CC(C)CN(Cc2c(C(C)C)[nH]c3ncccc23)C1. The van der Waals surface area contributed by atoms with E-state index >= 15 is 0 Å². The standard InChI is InChI=1S/C18H27N3/c1-12(2)17-16(15-6-5-7-19-18(15)20-17)11-21-9-13(3)8-14(4)10-21/h5-7,12-14H,8-11H2,1-4H3,(H,19,20). The quantitative estimate of drug-likeness (QED) is 0.918. The summed E-state index contributed by atoms with van der Waals surface area (Å²) in [5.41, 5.74) is 3.85. The first-order valence-electron chi connectivity index (χ1n) is 8.22. The number of rotatable bonds is 3. The molecule has 2 atom stereocenters. The second-order valence-corrected chi connectivity index (χ2v) is 7.21. The van der Waals surface area contributed by atoms with Gasteiger partial charge in [-0.1, -0.05) is 27.7 Å². The number of nitrogens with one attached hydrogen (secondary N) is 1. The third kappa shape index (κ3) is 2.98. The van der Waals surface area contributed by atoms with Crippen LogP contribution in [0.2, 0.25) is 0 Å². The molecule has 3 nitrogen and oxygen atoms in total. The number of hydrogen-bond donors (Lipinski definition) is 1. The summed E-state index contributed by atoms with van der Waals surface area (Å²) in [6, 6.07) is 4.25. The predicted molar refractivity (Wildman–Crippen MR) is 88.4 cm³/mol. The van der Waals surface area contributed by atoms with Gasteiger partial charge in [0.25, 0.3) is 0 Å². The Hall–Kier alpha value is -1.35. The molecule has 3 rings (SSSR count). The third-order valence-electron chi connectivity index (χ3n) is 4.61. The molecule has 0 aromatic carbocycles. The number of hydrogen-bond acceptors (Lipinski definition) is 2. The van der Waals surface area contributed by atoms with E-state index in [1.54, 1.807) is 0 Å². The smallest absolute Gasteiger partial charge is 0.137 e. The molecule has 2 unspecified atom stereocenters. The molecule has 2 aromatic rings. The molecule has 1 aliphatic heterocycles. The molecule has 0 bridgehead atoms. The first-order valence-corrected chi connectivity index (χ1v) is 8.22. The van der Waals surface area contributed by atoms with Crippen LogP contribution in [0.1, 0.15) is 51.3 Å². The molecular formula is C18H27N3. The van der Waals surface area contributed by atoms with Gasteiger partial charge in [-0.2, -0.15) is 0 Å². The Kier molecular flexibility index (Phi) is 4.03. The van der Waals surface area contributed by atoms with Crippen molar-refractivity contribution in [1.29, 1.82) is 0 Å². The highest BCUT2D eigenvalue weighted by Crippen LogP contribution is 2.30. The average molecular weight is 285 g/mol. The molecule has 3 heterocycles. The van der Waals surface area contributed by atoms with Gasteiger partial charge < -0.3 is 4.98 Å². The molecule has 0 radical (unpaired) electrons. The average Bonchev–Trinajstić information content (AvgIpc) is 2.77. The minimum Gasteiger partial charge on any atom is -0.343 e. The van der Waals surface area contributed by atoms with Crippen molar-refractivity contribution >= 4 is 11.0 Å². The van der Waals surface area contributed by atoms with Crippen LogP contribution < -0.4 is 0 Å². The number of H-pyrrole nitrogens is 1. The van der Waals surface area contributed by atoms with Crippen molar-refractivity contribution in [1.82, 2.24) is 14.9 Å². The van der Waals surface area contributed by atoms with Crippen LogP contribution in [-0.2, 0) is 6.54 Å². The van der Waals surface area contributed by atoms with E-state index in [-0.39, 0.29) is 0 Å². The molecule has 3 heteroatoms. The van der Waals surface area contributed by atoms with Crippen molar-refractivity contribution in [2.45, 2.75) is 46.6 Å². The number of likely N-dealkylation sites (tertiary alicyclic amines) is 1. The lowest BCUT2D eigenvalue weighted by molar-refractivity contribution is 0.134. The van der Waals surface area contributed by atoms with Gasteiger partial charge in [-0.3, -0.25) is 4.90 Å². The molecule has 0 saturated carbocycles. The lowest BCUT2D eigenvalue weighted by Crippen LogP contribution is -2.38. The highest BCUT2D eigenvalue weighted by Gasteiger charge is 2.24. The molecule has 1 saturated heterocycles. The van der Waals surface area contributed by atoms with Crippen LogP contribution in [0.15, 0.2) is 18.3 Å². The van der Waals surface area contributed by atoms with Crippen LogP contribution in [0.5, 0.6) is 0 Å². The van der Waals surface area contributed by atoms with E-state index in [4.69, 9.17) is 0 Å². The van der Waals surface area contributed by atoms with Crippen molar-refractivity contribution in [3.8, 4) is 0 Å². The van der Waals surface area contributed by atoms with Crippen LogP contribution in [0.3, 0.4) is 0 Å². The zero-order chi connectivity index (χ0) is 15.0. The molecule has 114 valence electrons. The van der Waals surface area contributed by atoms with Crippen molar-refractivity contribution in [2.75, 3.05) is 13.1 Å². The number of nitrogens with zero attached hydrogens (tertiary/aromatic N) is 2. The fraction of sp³-hybridized carbons (Fsp3) is 0.611. The summed E-state index contributed by atoms with van der Waals surface area (Å²) in [4.78, 5) is 10.7. The van der Waals surface area contributed by atoms with E-state index in [0.717, 1.165) is 24.0 Å². The van der Waals surface area contributed by atoms with Crippen molar-refractivity contribution in [3.63, 3.8) is 0 Å². The lowest BCUT2D eigenvalue weighted by atomic mass is 9.91. The zero-order valence-corrected chi connectivity index (χ0v) is 13.7. The summed E-state index contributed by atoms with van der Waals surface area (Å²) in [7, 11) is 0. The minimum atomic E-state index is 0.508. The van der Waals surface area contributed by atoms with E-state index < -0.39 is 0 Å². The van der Waals surface area contributed by atoms with Gasteiger partial charge in [0.05, 0.1) is 0 Å². The van der Waals surface area contributed by atoms with Crippen molar-refractivity contribution in [3.05, 3.63) is 29.6 Å². The maximum absolute atomic E-state index is 4.49. The molecule has 1 aliphatic rings. The Morgan fingerprint density at radius 3 is 2.67 bits per heavy atom. The van der Waals surface area contributed by atoms with Gasteiger partial charge in [0.1, 0.15) is 5.65 Å². The zero-order valence-electron chi connectivity index (χ0n) is 13.7. The monoisotopic (exact) mass is 285 g/mol. The van der Waals surface area contributed by atoms with Gasteiger partial charge in [-0.05, 0) is 41.9 Å². The molecule has 1 N–H and O–H groups in total. The van der Waals surface area contributed by atoms with Crippen LogP contribution in [0, 0.1) is 11.8 Å². The summed E-state index contributed by atoms with van der Waals surface area (Å²) in [5, 5.41) is 1.30. The molecule has 0 aliphatic carbocycles. The van der Waals surface area contributed by atoms with Crippen LogP contribution in [-0.4, -0.2) is 28.0 Å². The number of pyridine rings is 1. The van der Waals surface area contributed by atoms with Gasteiger partial charge in [-0.15, -0.1) is 0 Å². The summed E-state index contributed by atoms with van der Waals surface area (Å²) in [6.07, 6.45) is 3.24. The topological polar surface area (TPSA) is 31.9 Å². The largest absolute Gasteiger partial charge is 0.343 e. The highest BCUT2D eigenvalue weighted by atomic mass is 15.1. The summed E-state index contributed by atoms with van der Waals surface area (Å²) in [6.45, 7) is 12.8. The Morgan fingerprint density at radius 2 is 2.00 bits per heavy atom. The summed E-state index contributed by atoms with van der Waals surface area (Å²) >= 11 is 0. The second kappa shape index (κ2) is 5.80. The number of aromatic nitrogens is 2. The van der Waals surface area contributed by atoms with Crippen molar-refractivity contribution in [2.24, 2.45) is 11.8 Å². The Bertz CT molecular complexity index is 604. The van der Waals surface area contributed by atoms with E-state index in [2.05, 4.69) is 48.6 Å². The van der Waals surface area contributed by atoms with Gasteiger partial charge in [0, 0.05) is 36.9 Å². The molecular weight excluding hydrogens is 258 g/mol. The Morgan fingerprint density at radius 1 is 1.29 bits per heavy atom. The number of piperidine rings is 1. The fourth-order valence-corrected chi connectivity index (χ4v) is 3.90. The van der Waals surface area contributed by atoms with Gasteiger partial charge in [0.2, 0.25) is 0 Å². The van der Waals surface area contributed by atoms with Gasteiger partial charge in [0.15, 0.2) is 0 Å². The normalized spacial score (nSPS) is 24.0. The number of aromatic amines is 1. The maximum Gasteiger partial charge on any atom is 0.137 e. The highest BCUT2D eigenvalue weighted by molar-refractivity contribution is 5.81. The molecule has 2 aromatic heterocycles. The van der Waals surface area contributed by atoms with E-state index in [0.29, 0.717) is 5.92 Å². The Labute approximate surface area is 127 Å². The molecule has 21 heavy (non-hydrogen) atoms. The first-order chi connectivity index (χ1) is 10.0.